The van der Waals surface area contributed by atoms with Crippen LogP contribution in [0, 0.1) is 0 Å². The minimum Gasteiger partial charge on any atom is -0.287 e. The molecular weight excluding hydrogens is 236 g/mol. The Labute approximate surface area is 111 Å². The SMILES string of the molecule is O=C1C=Cc2ccccc2/C1=N/Nc1ccccc1. The van der Waals surface area contributed by atoms with Gasteiger partial charge < -0.3 is 0 Å². The standard InChI is InChI=1S/C16H12N2O/c19-15-11-10-12-6-4-5-9-14(12)16(15)18-17-13-7-2-1-3-8-13/h1-11,17H/b18-16-. The third-order valence-electron chi connectivity index (χ3n) is 2.93. The molecule has 0 saturated heterocycles. The van der Waals surface area contributed by atoms with Crippen LogP contribution < -0.4 is 5.43 Å². The van der Waals surface area contributed by atoms with E-state index in [2.05, 4.69) is 10.5 Å². The summed E-state index contributed by atoms with van der Waals surface area (Å²) in [7, 11) is 0. The molecular formula is C16H12N2O. The quantitative estimate of drug-likeness (QED) is 0.830. The van der Waals surface area contributed by atoms with Crippen molar-refractivity contribution in [3.8, 4) is 0 Å². The summed E-state index contributed by atoms with van der Waals surface area (Å²) in [6.07, 6.45) is 3.37. The number of ketones is 1. The van der Waals surface area contributed by atoms with Crippen LogP contribution in [-0.4, -0.2) is 11.5 Å². The Morgan fingerprint density at radius 2 is 1.58 bits per heavy atom. The fourth-order valence-electron chi connectivity index (χ4n) is 1.98. The van der Waals surface area contributed by atoms with E-state index in [1.807, 2.05) is 60.7 Å². The third kappa shape index (κ3) is 2.31. The van der Waals surface area contributed by atoms with E-state index >= 15 is 0 Å². The second-order valence-corrected chi connectivity index (χ2v) is 4.22. The van der Waals surface area contributed by atoms with Crippen molar-refractivity contribution in [1.29, 1.82) is 0 Å². The summed E-state index contributed by atoms with van der Waals surface area (Å²) in [5.74, 6) is -0.0814. The van der Waals surface area contributed by atoms with E-state index in [0.29, 0.717) is 5.71 Å². The zero-order valence-electron chi connectivity index (χ0n) is 10.2. The summed E-state index contributed by atoms with van der Waals surface area (Å²) in [5, 5.41) is 4.24. The van der Waals surface area contributed by atoms with Crippen molar-refractivity contribution < 1.29 is 4.79 Å². The molecule has 19 heavy (non-hydrogen) atoms. The van der Waals surface area contributed by atoms with E-state index < -0.39 is 0 Å². The Hall–Kier alpha value is -2.68. The molecule has 2 aromatic rings. The van der Waals surface area contributed by atoms with Gasteiger partial charge in [0, 0.05) is 5.56 Å². The topological polar surface area (TPSA) is 41.5 Å². The molecule has 0 heterocycles. The molecule has 0 spiro atoms. The van der Waals surface area contributed by atoms with Crippen LogP contribution in [0.3, 0.4) is 0 Å². The van der Waals surface area contributed by atoms with Crippen LogP contribution in [0.15, 0.2) is 65.8 Å². The van der Waals surface area contributed by atoms with Gasteiger partial charge in [-0.05, 0) is 23.8 Å². The fraction of sp³-hybridized carbons (Fsp3) is 0. The van der Waals surface area contributed by atoms with E-state index in [0.717, 1.165) is 16.8 Å². The van der Waals surface area contributed by atoms with Gasteiger partial charge in [0.1, 0.15) is 5.71 Å². The number of hydrogen-bond acceptors (Lipinski definition) is 3. The van der Waals surface area contributed by atoms with Crippen LogP contribution in [0.4, 0.5) is 5.69 Å². The van der Waals surface area contributed by atoms with Gasteiger partial charge in [-0.2, -0.15) is 5.10 Å². The van der Waals surface area contributed by atoms with Crippen molar-refractivity contribution in [2.75, 3.05) is 5.43 Å². The highest BCUT2D eigenvalue weighted by molar-refractivity contribution is 6.52. The van der Waals surface area contributed by atoms with Crippen LogP contribution in [0.5, 0.6) is 0 Å². The molecule has 3 heteroatoms. The van der Waals surface area contributed by atoms with Gasteiger partial charge in [0.15, 0.2) is 0 Å². The molecule has 1 aliphatic carbocycles. The molecule has 3 nitrogen and oxygen atoms in total. The van der Waals surface area contributed by atoms with E-state index in [4.69, 9.17) is 0 Å². The molecule has 0 atom stereocenters. The lowest BCUT2D eigenvalue weighted by Crippen LogP contribution is -2.19. The van der Waals surface area contributed by atoms with Crippen molar-refractivity contribution in [3.05, 3.63) is 71.8 Å². The van der Waals surface area contributed by atoms with Gasteiger partial charge in [-0.25, -0.2) is 0 Å². The summed E-state index contributed by atoms with van der Waals surface area (Å²) >= 11 is 0. The number of benzene rings is 2. The molecule has 0 fully saturated rings. The zero-order chi connectivity index (χ0) is 13.1. The normalized spacial score (nSPS) is 15.4. The monoisotopic (exact) mass is 248 g/mol. The number of hydrazone groups is 1. The lowest BCUT2D eigenvalue weighted by molar-refractivity contribution is -0.108. The van der Waals surface area contributed by atoms with Gasteiger partial charge in [-0.15, -0.1) is 0 Å². The molecule has 0 aliphatic heterocycles. The van der Waals surface area contributed by atoms with E-state index in [1.165, 1.54) is 0 Å². The smallest absolute Gasteiger partial charge is 0.206 e. The van der Waals surface area contributed by atoms with Crippen LogP contribution in [0.25, 0.3) is 6.08 Å². The van der Waals surface area contributed by atoms with Gasteiger partial charge in [-0.3, -0.25) is 10.2 Å². The Morgan fingerprint density at radius 3 is 2.42 bits per heavy atom. The molecule has 2 aromatic carbocycles. The lowest BCUT2D eigenvalue weighted by Gasteiger charge is -2.12. The van der Waals surface area contributed by atoms with Gasteiger partial charge in [0.05, 0.1) is 5.69 Å². The van der Waals surface area contributed by atoms with Crippen molar-refractivity contribution in [3.63, 3.8) is 0 Å². The first-order valence-corrected chi connectivity index (χ1v) is 6.05. The number of carbonyl (C=O) groups excluding carboxylic acids is 1. The average Bonchev–Trinajstić information content (AvgIpc) is 2.47. The van der Waals surface area contributed by atoms with Gasteiger partial charge in [-0.1, -0.05) is 48.5 Å². The average molecular weight is 248 g/mol. The zero-order valence-corrected chi connectivity index (χ0v) is 10.2. The summed E-state index contributed by atoms with van der Waals surface area (Å²) in [4.78, 5) is 11.9. The Balaban J connectivity index is 1.96. The minimum atomic E-state index is -0.0814. The van der Waals surface area contributed by atoms with E-state index in [9.17, 15) is 4.79 Å². The second-order valence-electron chi connectivity index (χ2n) is 4.22. The number of nitrogens with zero attached hydrogens (tertiary/aromatic N) is 1. The fourth-order valence-corrected chi connectivity index (χ4v) is 1.98. The van der Waals surface area contributed by atoms with Crippen molar-refractivity contribution in [2.45, 2.75) is 0 Å². The maximum absolute atomic E-state index is 11.9. The highest BCUT2D eigenvalue weighted by atomic mass is 16.1. The van der Waals surface area contributed by atoms with E-state index in [-0.39, 0.29) is 5.78 Å². The molecule has 0 bridgehead atoms. The Bertz CT molecular complexity index is 672. The highest BCUT2D eigenvalue weighted by Gasteiger charge is 2.18. The molecule has 0 radical (unpaired) electrons. The third-order valence-corrected chi connectivity index (χ3v) is 2.93. The van der Waals surface area contributed by atoms with Crippen LogP contribution >= 0.6 is 0 Å². The molecule has 0 unspecified atom stereocenters. The highest BCUT2D eigenvalue weighted by Crippen LogP contribution is 2.18. The van der Waals surface area contributed by atoms with Crippen molar-refractivity contribution >= 4 is 23.3 Å². The maximum atomic E-state index is 11.9. The second kappa shape index (κ2) is 4.90. The van der Waals surface area contributed by atoms with Crippen LogP contribution in [0.1, 0.15) is 11.1 Å². The summed E-state index contributed by atoms with van der Waals surface area (Å²) in [6.45, 7) is 0. The molecule has 1 aliphatic rings. The molecule has 3 rings (SSSR count). The van der Waals surface area contributed by atoms with Crippen LogP contribution in [0.2, 0.25) is 0 Å². The molecule has 92 valence electrons. The molecule has 1 N–H and O–H groups in total. The Kier molecular flexibility index (Phi) is 2.94. The van der Waals surface area contributed by atoms with Gasteiger partial charge in [0.2, 0.25) is 5.78 Å². The molecule has 0 amide bonds. The first-order chi connectivity index (χ1) is 9.34. The number of hydrogen-bond donors (Lipinski definition) is 1. The summed E-state index contributed by atoms with van der Waals surface area (Å²) < 4.78 is 0. The summed E-state index contributed by atoms with van der Waals surface area (Å²) in [5.41, 5.74) is 6.09. The first kappa shape index (κ1) is 11.4. The number of rotatable bonds is 2. The van der Waals surface area contributed by atoms with Crippen LogP contribution in [-0.2, 0) is 4.79 Å². The number of anilines is 1. The summed E-state index contributed by atoms with van der Waals surface area (Å²) in [6, 6.07) is 17.3. The van der Waals surface area contributed by atoms with Gasteiger partial charge in [0.25, 0.3) is 0 Å². The number of para-hydroxylation sites is 1. The number of fused-ring (bicyclic) bond motifs is 1. The maximum Gasteiger partial charge on any atom is 0.206 e. The number of carbonyl (C=O) groups is 1. The predicted molar refractivity (Wildman–Crippen MR) is 77.1 cm³/mol. The van der Waals surface area contributed by atoms with Crippen molar-refractivity contribution in [2.24, 2.45) is 5.10 Å². The number of nitrogens with one attached hydrogen (secondary N) is 1. The van der Waals surface area contributed by atoms with E-state index in [1.54, 1.807) is 6.08 Å². The minimum absolute atomic E-state index is 0.0814. The first-order valence-electron chi connectivity index (χ1n) is 6.05. The number of allylic oxidation sites excluding steroid dienone is 1. The lowest BCUT2D eigenvalue weighted by atomic mass is 9.95. The largest absolute Gasteiger partial charge is 0.287 e. The van der Waals surface area contributed by atoms with Gasteiger partial charge >= 0.3 is 0 Å². The predicted octanol–water partition coefficient (Wildman–Crippen LogP) is 3.10. The molecule has 0 aromatic heterocycles. The molecule has 0 saturated carbocycles. The Morgan fingerprint density at radius 1 is 0.842 bits per heavy atom. The van der Waals surface area contributed by atoms with Crippen molar-refractivity contribution in [1.82, 2.24) is 0 Å².